The van der Waals surface area contributed by atoms with E-state index in [-0.39, 0.29) is 11.3 Å². The molecule has 0 radical (unpaired) electrons. The summed E-state index contributed by atoms with van der Waals surface area (Å²) in [5, 5.41) is 14.8. The van der Waals surface area contributed by atoms with Crippen LogP contribution in [-0.4, -0.2) is 72.4 Å². The minimum absolute atomic E-state index is 0.00225. The number of nitrogens with one attached hydrogen (secondary N) is 2. The van der Waals surface area contributed by atoms with Gasteiger partial charge >= 0.3 is 6.18 Å². The Balaban J connectivity index is 1.22. The molecule has 39 heavy (non-hydrogen) atoms. The van der Waals surface area contributed by atoms with Crippen LogP contribution in [0.3, 0.4) is 0 Å². The summed E-state index contributed by atoms with van der Waals surface area (Å²) in [4.78, 5) is 25.3. The van der Waals surface area contributed by atoms with E-state index in [1.165, 1.54) is 18.2 Å². The molecule has 3 heterocycles. The van der Waals surface area contributed by atoms with Gasteiger partial charge in [-0.2, -0.15) is 18.4 Å². The van der Waals surface area contributed by atoms with Gasteiger partial charge in [-0.1, -0.05) is 0 Å². The number of halogens is 3. The summed E-state index contributed by atoms with van der Waals surface area (Å²) in [5.74, 6) is -0.396. The molecule has 9 nitrogen and oxygen atoms in total. The van der Waals surface area contributed by atoms with Gasteiger partial charge in [-0.15, -0.1) is 0 Å². The van der Waals surface area contributed by atoms with Crippen molar-refractivity contribution < 1.29 is 22.7 Å². The summed E-state index contributed by atoms with van der Waals surface area (Å²) in [6.07, 6.45) is -4.71. The van der Waals surface area contributed by atoms with E-state index in [1.54, 1.807) is 12.3 Å². The molecule has 0 spiro atoms. The quantitative estimate of drug-likeness (QED) is 0.463. The second-order valence-electron chi connectivity index (χ2n) is 9.36. The molecule has 12 heteroatoms. The van der Waals surface area contributed by atoms with Gasteiger partial charge in [0.05, 0.1) is 30.5 Å². The van der Waals surface area contributed by atoms with Crippen molar-refractivity contribution >= 4 is 28.8 Å². The Labute approximate surface area is 223 Å². The van der Waals surface area contributed by atoms with E-state index in [1.807, 2.05) is 18.2 Å². The number of carbonyl (C=O) groups excluding carboxylic acids is 1. The SMILES string of the molecule is N#Cc1cc(-c2nccc(Nc3ccc(N4CCN(C5COC5)CC4)cc3)n2)ccc1NC(=O)CC(F)(F)F. The molecule has 202 valence electrons. The molecule has 2 N–H and O–H groups in total. The van der Waals surface area contributed by atoms with Crippen LogP contribution in [0.4, 0.5) is 36.1 Å². The number of piperazine rings is 1. The van der Waals surface area contributed by atoms with E-state index in [2.05, 4.69) is 42.5 Å². The molecule has 0 unspecified atom stereocenters. The van der Waals surface area contributed by atoms with Gasteiger partial charge in [0.15, 0.2) is 5.82 Å². The fraction of sp³-hybridized carbons (Fsp3) is 0.333. The number of hydrogen-bond donors (Lipinski definition) is 2. The zero-order valence-corrected chi connectivity index (χ0v) is 20.9. The summed E-state index contributed by atoms with van der Waals surface area (Å²) in [7, 11) is 0. The number of aromatic nitrogens is 2. The Hall–Kier alpha value is -4.21. The van der Waals surface area contributed by atoms with E-state index >= 15 is 0 Å². The number of hydrogen-bond acceptors (Lipinski definition) is 8. The van der Waals surface area contributed by atoms with Crippen LogP contribution in [0, 0.1) is 11.3 Å². The second kappa shape index (κ2) is 11.3. The molecule has 2 aromatic carbocycles. The zero-order valence-electron chi connectivity index (χ0n) is 20.9. The highest BCUT2D eigenvalue weighted by molar-refractivity contribution is 5.93. The molecule has 1 amide bonds. The zero-order chi connectivity index (χ0) is 27.4. The maximum atomic E-state index is 12.5. The van der Waals surface area contributed by atoms with Crippen molar-refractivity contribution in [2.45, 2.75) is 18.6 Å². The lowest BCUT2D eigenvalue weighted by Crippen LogP contribution is -2.56. The molecular formula is C27H26F3N7O2. The maximum absolute atomic E-state index is 12.5. The Kier molecular flexibility index (Phi) is 7.63. The third kappa shape index (κ3) is 6.63. The van der Waals surface area contributed by atoms with Gasteiger partial charge in [-0.3, -0.25) is 9.69 Å². The highest BCUT2D eigenvalue weighted by atomic mass is 19.4. The van der Waals surface area contributed by atoms with E-state index in [0.717, 1.165) is 50.8 Å². The minimum Gasteiger partial charge on any atom is -0.378 e. The highest BCUT2D eigenvalue weighted by Crippen LogP contribution is 2.27. The summed E-state index contributed by atoms with van der Waals surface area (Å²) in [6, 6.07) is 16.6. The normalized spacial score (nSPS) is 16.3. The van der Waals surface area contributed by atoms with Crippen LogP contribution in [0.25, 0.3) is 11.4 Å². The van der Waals surface area contributed by atoms with Gasteiger partial charge in [0, 0.05) is 49.3 Å². The van der Waals surface area contributed by atoms with E-state index < -0.39 is 18.5 Å². The molecule has 5 rings (SSSR count). The van der Waals surface area contributed by atoms with Gasteiger partial charge in [0.25, 0.3) is 0 Å². The Morgan fingerprint density at radius 3 is 2.46 bits per heavy atom. The number of carbonyl (C=O) groups is 1. The maximum Gasteiger partial charge on any atom is 0.397 e. The van der Waals surface area contributed by atoms with Crippen LogP contribution in [0.1, 0.15) is 12.0 Å². The summed E-state index contributed by atoms with van der Waals surface area (Å²) in [6.45, 7) is 5.64. The Bertz CT molecular complexity index is 1360. The fourth-order valence-corrected chi connectivity index (χ4v) is 4.51. The number of ether oxygens (including phenoxy) is 1. The van der Waals surface area contributed by atoms with Crippen molar-refractivity contribution in [3.05, 3.63) is 60.3 Å². The van der Waals surface area contributed by atoms with Crippen LogP contribution >= 0.6 is 0 Å². The first-order valence-corrected chi connectivity index (χ1v) is 12.5. The number of alkyl halides is 3. The van der Waals surface area contributed by atoms with Gasteiger partial charge < -0.3 is 20.3 Å². The first-order chi connectivity index (χ1) is 18.8. The number of amides is 1. The van der Waals surface area contributed by atoms with Crippen molar-refractivity contribution in [1.82, 2.24) is 14.9 Å². The van der Waals surface area contributed by atoms with Crippen molar-refractivity contribution in [1.29, 1.82) is 5.26 Å². The summed E-state index contributed by atoms with van der Waals surface area (Å²) >= 11 is 0. The third-order valence-corrected chi connectivity index (χ3v) is 6.64. The molecule has 2 fully saturated rings. The standard InChI is InChI=1S/C27H26F3N7O2/c28-27(29,30)14-25(38)34-23-6-1-18(13-19(23)15-31)26-32-8-7-24(35-26)33-20-2-4-21(5-3-20)36-9-11-37(12-10-36)22-16-39-17-22/h1-8,13,22H,9-12,14,16-17H2,(H,34,38)(H,32,33,35). The number of rotatable bonds is 7. The first-order valence-electron chi connectivity index (χ1n) is 12.5. The average Bonchev–Trinajstić information content (AvgIpc) is 2.88. The lowest BCUT2D eigenvalue weighted by molar-refractivity contribution is -0.150. The fourth-order valence-electron chi connectivity index (χ4n) is 4.51. The van der Waals surface area contributed by atoms with E-state index in [0.29, 0.717) is 23.2 Å². The van der Waals surface area contributed by atoms with Crippen molar-refractivity contribution in [3.63, 3.8) is 0 Å². The van der Waals surface area contributed by atoms with Crippen molar-refractivity contribution in [3.8, 4) is 17.5 Å². The highest BCUT2D eigenvalue weighted by Gasteiger charge is 2.31. The van der Waals surface area contributed by atoms with Crippen molar-refractivity contribution in [2.75, 3.05) is 54.9 Å². The summed E-state index contributed by atoms with van der Waals surface area (Å²) in [5.41, 5.74) is 2.46. The largest absolute Gasteiger partial charge is 0.397 e. The molecule has 2 aliphatic heterocycles. The number of anilines is 4. The lowest BCUT2D eigenvalue weighted by atomic mass is 10.1. The molecule has 0 aliphatic carbocycles. The van der Waals surface area contributed by atoms with Crippen molar-refractivity contribution in [2.24, 2.45) is 0 Å². The molecular weight excluding hydrogens is 511 g/mol. The number of nitrogens with zero attached hydrogens (tertiary/aromatic N) is 5. The van der Waals surface area contributed by atoms with E-state index in [4.69, 9.17) is 4.74 Å². The topological polar surface area (TPSA) is 106 Å². The van der Waals surface area contributed by atoms with Crippen LogP contribution in [-0.2, 0) is 9.53 Å². The van der Waals surface area contributed by atoms with Crippen LogP contribution in [0.5, 0.6) is 0 Å². The predicted octanol–water partition coefficient (Wildman–Crippen LogP) is 4.17. The lowest BCUT2D eigenvalue weighted by Gasteiger charge is -2.43. The second-order valence-corrected chi connectivity index (χ2v) is 9.36. The Morgan fingerprint density at radius 2 is 1.82 bits per heavy atom. The van der Waals surface area contributed by atoms with E-state index in [9.17, 15) is 23.2 Å². The molecule has 0 atom stereocenters. The monoisotopic (exact) mass is 537 g/mol. The third-order valence-electron chi connectivity index (χ3n) is 6.64. The molecule has 1 aromatic heterocycles. The number of nitriles is 1. The summed E-state index contributed by atoms with van der Waals surface area (Å²) < 4.78 is 42.7. The molecule has 3 aromatic rings. The van der Waals surface area contributed by atoms with Gasteiger partial charge in [-0.05, 0) is 48.5 Å². The molecule has 2 aliphatic rings. The van der Waals surface area contributed by atoms with Gasteiger partial charge in [-0.25, -0.2) is 9.97 Å². The Morgan fingerprint density at radius 1 is 1.08 bits per heavy atom. The molecule has 2 saturated heterocycles. The van der Waals surface area contributed by atoms with Gasteiger partial charge in [0.1, 0.15) is 18.3 Å². The first kappa shape index (κ1) is 26.4. The number of benzene rings is 2. The van der Waals surface area contributed by atoms with Crippen LogP contribution in [0.2, 0.25) is 0 Å². The average molecular weight is 538 g/mol. The minimum atomic E-state index is -4.64. The van der Waals surface area contributed by atoms with Crippen LogP contribution in [0.15, 0.2) is 54.7 Å². The molecule has 0 bridgehead atoms. The van der Waals surface area contributed by atoms with Gasteiger partial charge in [0.2, 0.25) is 5.91 Å². The van der Waals surface area contributed by atoms with Crippen LogP contribution < -0.4 is 15.5 Å². The molecule has 0 saturated carbocycles. The predicted molar refractivity (Wildman–Crippen MR) is 140 cm³/mol. The smallest absolute Gasteiger partial charge is 0.378 e.